The molecule has 1 amide bonds. The van der Waals surface area contributed by atoms with E-state index < -0.39 is 18.0 Å². The molecule has 2 aliphatic heterocycles. The van der Waals surface area contributed by atoms with Gasteiger partial charge >= 0.3 is 0 Å². The summed E-state index contributed by atoms with van der Waals surface area (Å²) >= 11 is 0. The van der Waals surface area contributed by atoms with Crippen molar-refractivity contribution >= 4 is 23.5 Å². The van der Waals surface area contributed by atoms with E-state index in [1.165, 1.54) is 6.08 Å². The lowest BCUT2D eigenvalue weighted by atomic mass is 9.82. The third-order valence-corrected chi connectivity index (χ3v) is 5.71. The smallest absolute Gasteiger partial charge is 0.253 e. The molecule has 1 fully saturated rings. The molecule has 2 aromatic carbocycles. The molecule has 30 heavy (non-hydrogen) atoms. The first-order valence-corrected chi connectivity index (χ1v) is 10.0. The Balaban J connectivity index is 1.46. The largest absolute Gasteiger partial charge is 0.486 e. The minimum atomic E-state index is -0.582. The number of hydrogen-bond donors (Lipinski definition) is 1. The van der Waals surface area contributed by atoms with Gasteiger partial charge in [0, 0.05) is 31.5 Å². The lowest BCUT2D eigenvalue weighted by Crippen LogP contribution is -2.52. The van der Waals surface area contributed by atoms with E-state index in [4.69, 9.17) is 9.84 Å². The Morgan fingerprint density at radius 2 is 1.83 bits per heavy atom. The summed E-state index contributed by atoms with van der Waals surface area (Å²) in [5, 5.41) is 8.81. The zero-order valence-corrected chi connectivity index (χ0v) is 16.5. The molecule has 1 N–H and O–H groups in total. The first kappa shape index (κ1) is 20.0. The van der Waals surface area contributed by atoms with Gasteiger partial charge in [-0.3, -0.25) is 14.4 Å². The molecule has 1 saturated heterocycles. The van der Waals surface area contributed by atoms with E-state index in [-0.39, 0.29) is 18.1 Å². The highest BCUT2D eigenvalue weighted by Crippen LogP contribution is 2.40. The van der Waals surface area contributed by atoms with Crippen LogP contribution in [0.1, 0.15) is 45.5 Å². The van der Waals surface area contributed by atoms with Gasteiger partial charge in [0.1, 0.15) is 18.0 Å². The van der Waals surface area contributed by atoms with Crippen LogP contribution in [0.3, 0.4) is 0 Å². The Hall–Kier alpha value is -3.25. The number of carbonyl (C=O) groups excluding carboxylic acids is 3. The van der Waals surface area contributed by atoms with Crippen LogP contribution >= 0.6 is 0 Å². The number of piperidine rings is 1. The zero-order valence-electron chi connectivity index (χ0n) is 16.5. The van der Waals surface area contributed by atoms with Gasteiger partial charge in [-0.05, 0) is 35.9 Å². The molecule has 1 spiro atoms. The number of carbonyl (C=O) groups is 3. The van der Waals surface area contributed by atoms with E-state index in [0.29, 0.717) is 48.4 Å². The molecule has 4 rings (SSSR count). The molecule has 2 aliphatic rings. The molecule has 2 heterocycles. The number of benzene rings is 2. The molecular weight excluding hydrogens is 382 g/mol. The van der Waals surface area contributed by atoms with Crippen molar-refractivity contribution in [1.29, 1.82) is 0 Å². The van der Waals surface area contributed by atoms with Crippen molar-refractivity contribution in [1.82, 2.24) is 4.90 Å². The van der Waals surface area contributed by atoms with Crippen LogP contribution in [0.2, 0.25) is 0 Å². The predicted octanol–water partition coefficient (Wildman–Crippen LogP) is 2.90. The van der Waals surface area contributed by atoms with Gasteiger partial charge in [-0.2, -0.15) is 0 Å². The molecule has 0 atom stereocenters. The molecule has 0 bridgehead atoms. The summed E-state index contributed by atoms with van der Waals surface area (Å²) in [6, 6.07) is 14.4. The van der Waals surface area contributed by atoms with E-state index >= 15 is 0 Å². The topological polar surface area (TPSA) is 83.9 Å². The molecule has 0 unspecified atom stereocenters. The summed E-state index contributed by atoms with van der Waals surface area (Å²) in [5.41, 5.74) is 1.29. The quantitative estimate of drug-likeness (QED) is 0.791. The first-order valence-electron chi connectivity index (χ1n) is 10.0. The Labute approximate surface area is 174 Å². The van der Waals surface area contributed by atoms with Crippen LogP contribution in [0.25, 0.3) is 6.08 Å². The lowest BCUT2D eigenvalue weighted by Gasteiger charge is -2.44. The van der Waals surface area contributed by atoms with Crippen molar-refractivity contribution < 1.29 is 24.2 Å². The maximum Gasteiger partial charge on any atom is 0.253 e. The molecular formula is C24H23NO5. The first-order chi connectivity index (χ1) is 14.5. The number of hydrogen-bond acceptors (Lipinski definition) is 5. The standard InChI is InChI=1S/C24H23NO5/c26-16-19(27)8-6-17-7-9-22-20(14-17)21(28)15-24(30-22)10-12-25(13-11-24)23(29)18-4-2-1-3-5-18/h1-9,14,26H,10-13,15-16H2/b8-6+. The minimum absolute atomic E-state index is 0.00171. The van der Waals surface area contributed by atoms with Crippen LogP contribution in [0, 0.1) is 0 Å². The number of rotatable bonds is 4. The third kappa shape index (κ3) is 4.04. The molecule has 154 valence electrons. The molecule has 0 aromatic heterocycles. The molecule has 0 aliphatic carbocycles. The van der Waals surface area contributed by atoms with Gasteiger partial charge in [0.15, 0.2) is 11.6 Å². The molecule has 2 aromatic rings. The number of amides is 1. The second-order valence-corrected chi connectivity index (χ2v) is 7.76. The minimum Gasteiger partial charge on any atom is -0.486 e. The summed E-state index contributed by atoms with van der Waals surface area (Å²) in [7, 11) is 0. The molecule has 6 heteroatoms. The average molecular weight is 405 g/mol. The van der Waals surface area contributed by atoms with Crippen LogP contribution in [-0.2, 0) is 4.79 Å². The van der Waals surface area contributed by atoms with Gasteiger partial charge in [0.05, 0.1) is 12.0 Å². The van der Waals surface area contributed by atoms with E-state index in [1.807, 2.05) is 35.2 Å². The average Bonchev–Trinajstić information content (AvgIpc) is 2.78. The summed E-state index contributed by atoms with van der Waals surface area (Å²) < 4.78 is 6.28. The van der Waals surface area contributed by atoms with Gasteiger partial charge < -0.3 is 14.7 Å². The van der Waals surface area contributed by atoms with Crippen LogP contribution in [-0.4, -0.2) is 52.8 Å². The second kappa shape index (κ2) is 8.24. The maximum absolute atomic E-state index is 12.9. The van der Waals surface area contributed by atoms with E-state index in [0.717, 1.165) is 0 Å². The molecule has 0 saturated carbocycles. The zero-order chi connectivity index (χ0) is 21.1. The fraction of sp³-hybridized carbons (Fsp3) is 0.292. The summed E-state index contributed by atoms with van der Waals surface area (Å²) in [6.07, 6.45) is 4.34. The van der Waals surface area contributed by atoms with Crippen LogP contribution in [0.15, 0.2) is 54.6 Å². The van der Waals surface area contributed by atoms with Crippen LogP contribution in [0.4, 0.5) is 0 Å². The molecule has 0 radical (unpaired) electrons. The maximum atomic E-state index is 12.9. The lowest BCUT2D eigenvalue weighted by molar-refractivity contribution is -0.117. The number of ketones is 2. The predicted molar refractivity (Wildman–Crippen MR) is 111 cm³/mol. The number of nitrogens with zero attached hydrogens (tertiary/aromatic N) is 1. The van der Waals surface area contributed by atoms with Crippen LogP contribution < -0.4 is 4.74 Å². The summed E-state index contributed by atoms with van der Waals surface area (Å²) in [4.78, 5) is 38.6. The Bertz CT molecular complexity index is 1000. The second-order valence-electron chi connectivity index (χ2n) is 7.76. The third-order valence-electron chi connectivity index (χ3n) is 5.71. The number of fused-ring (bicyclic) bond motifs is 1. The summed E-state index contributed by atoms with van der Waals surface area (Å²) in [6.45, 7) is 0.538. The monoisotopic (exact) mass is 405 g/mol. The van der Waals surface area contributed by atoms with Gasteiger partial charge in [-0.15, -0.1) is 0 Å². The van der Waals surface area contributed by atoms with Crippen molar-refractivity contribution in [2.45, 2.75) is 24.9 Å². The summed E-state index contributed by atoms with van der Waals surface area (Å²) in [5.74, 6) is 0.149. The van der Waals surface area contributed by atoms with Crippen molar-refractivity contribution in [2.24, 2.45) is 0 Å². The van der Waals surface area contributed by atoms with E-state index in [1.54, 1.807) is 24.3 Å². The SMILES string of the molecule is O=C(/C=C/c1ccc2c(c1)C(=O)CC1(CCN(C(=O)c3ccccc3)CC1)O2)CO. The Morgan fingerprint density at radius 3 is 2.53 bits per heavy atom. The molecule has 6 nitrogen and oxygen atoms in total. The van der Waals surface area contributed by atoms with E-state index in [2.05, 4.69) is 0 Å². The highest BCUT2D eigenvalue weighted by molar-refractivity contribution is 6.01. The van der Waals surface area contributed by atoms with Gasteiger partial charge in [0.25, 0.3) is 5.91 Å². The highest BCUT2D eigenvalue weighted by Gasteiger charge is 2.43. The van der Waals surface area contributed by atoms with E-state index in [9.17, 15) is 14.4 Å². The number of ether oxygens (including phenoxy) is 1. The number of aliphatic hydroxyl groups excluding tert-OH is 1. The van der Waals surface area contributed by atoms with Crippen LogP contribution in [0.5, 0.6) is 5.75 Å². The van der Waals surface area contributed by atoms with Crippen molar-refractivity contribution in [2.75, 3.05) is 19.7 Å². The van der Waals surface area contributed by atoms with Gasteiger partial charge in [0.2, 0.25) is 0 Å². The van der Waals surface area contributed by atoms with Gasteiger partial charge in [-0.1, -0.05) is 30.3 Å². The Kier molecular flexibility index (Phi) is 5.50. The van der Waals surface area contributed by atoms with Gasteiger partial charge in [-0.25, -0.2) is 0 Å². The van der Waals surface area contributed by atoms with Crippen molar-refractivity contribution in [3.05, 3.63) is 71.3 Å². The number of likely N-dealkylation sites (tertiary alicyclic amines) is 1. The highest BCUT2D eigenvalue weighted by atomic mass is 16.5. The normalized spacial score (nSPS) is 17.6. The Morgan fingerprint density at radius 1 is 1.10 bits per heavy atom. The van der Waals surface area contributed by atoms with Crippen molar-refractivity contribution in [3.8, 4) is 5.75 Å². The van der Waals surface area contributed by atoms with Crippen molar-refractivity contribution in [3.63, 3.8) is 0 Å². The fourth-order valence-electron chi connectivity index (χ4n) is 4.02. The fourth-order valence-corrected chi connectivity index (χ4v) is 4.02. The number of Topliss-reactive ketones (excluding diaryl/α,β-unsaturated/α-hetero) is 1. The number of aliphatic hydroxyl groups is 1.